The van der Waals surface area contributed by atoms with Crippen LogP contribution in [0, 0.1) is 0 Å². The van der Waals surface area contributed by atoms with Crippen molar-refractivity contribution >= 4 is 37.9 Å². The zero-order valence-electron chi connectivity index (χ0n) is 31.3. The molecule has 0 fully saturated rings. The summed E-state index contributed by atoms with van der Waals surface area (Å²) in [7, 11) is 0. The standard InChI is InChI=1S/C53H38N2S/c1-53(2)45-32-39(28-29-42(45)47-44(34-14-5-3-6-15-34)31-40-18-9-10-21-41(40)48(47)53)38-20-13-19-37(30-38)33-24-26-35(27-25-33)49-51-50(43-22-11-12-23-46(43)56-51)55-52(54-49)36-16-7-4-8-17-36/h3-32,52,54H,1-2H3. The molecule has 0 amide bonds. The number of nitrogens with zero attached hydrogens (tertiary/aromatic N) is 1. The van der Waals surface area contributed by atoms with Crippen molar-refractivity contribution < 1.29 is 0 Å². The second-order valence-electron chi connectivity index (χ2n) is 15.5. The topological polar surface area (TPSA) is 24.4 Å². The molecule has 0 saturated carbocycles. The lowest BCUT2D eigenvalue weighted by Gasteiger charge is -2.24. The van der Waals surface area contributed by atoms with Gasteiger partial charge in [0.15, 0.2) is 0 Å². The zero-order valence-corrected chi connectivity index (χ0v) is 32.1. The van der Waals surface area contributed by atoms with E-state index in [0.717, 1.165) is 22.2 Å². The van der Waals surface area contributed by atoms with E-state index in [2.05, 4.69) is 201 Å². The summed E-state index contributed by atoms with van der Waals surface area (Å²) < 4.78 is 2.45. The average molecular weight is 735 g/mol. The third-order valence-corrected chi connectivity index (χ3v) is 13.1. The van der Waals surface area contributed by atoms with Gasteiger partial charge in [0.25, 0.3) is 0 Å². The van der Waals surface area contributed by atoms with Gasteiger partial charge in [-0.15, -0.1) is 11.3 Å². The first-order valence-electron chi connectivity index (χ1n) is 19.4. The van der Waals surface area contributed by atoms with E-state index in [1.807, 2.05) is 11.3 Å². The largest absolute Gasteiger partial charge is 0.358 e. The number of thiophene rings is 1. The number of benzene rings is 8. The van der Waals surface area contributed by atoms with Crippen molar-refractivity contribution in [3.63, 3.8) is 0 Å². The lowest BCUT2D eigenvalue weighted by molar-refractivity contribution is 0.639. The maximum Gasteiger partial charge on any atom is 0.145 e. The fourth-order valence-electron chi connectivity index (χ4n) is 9.12. The number of rotatable bonds is 5. The van der Waals surface area contributed by atoms with Gasteiger partial charge in [-0.05, 0) is 102 Å². The van der Waals surface area contributed by atoms with Gasteiger partial charge in [-0.25, -0.2) is 0 Å². The highest BCUT2D eigenvalue weighted by Crippen LogP contribution is 2.55. The van der Waals surface area contributed by atoms with Crippen molar-refractivity contribution in [3.05, 3.63) is 214 Å². The Kier molecular flexibility index (Phi) is 7.49. The van der Waals surface area contributed by atoms with Crippen LogP contribution in [0.25, 0.3) is 71.1 Å². The smallest absolute Gasteiger partial charge is 0.145 e. The van der Waals surface area contributed by atoms with Crippen molar-refractivity contribution in [2.45, 2.75) is 25.4 Å². The van der Waals surface area contributed by atoms with E-state index in [9.17, 15) is 0 Å². The second kappa shape index (κ2) is 12.8. The molecule has 2 aliphatic rings. The molecule has 1 unspecified atom stereocenters. The Balaban J connectivity index is 0.971. The molecule has 0 bridgehead atoms. The molecule has 0 saturated heterocycles. The molecule has 266 valence electrons. The van der Waals surface area contributed by atoms with E-state index in [1.54, 1.807) is 0 Å². The molecule has 0 spiro atoms. The molecular formula is C53H38N2S. The number of hydrogen-bond donors (Lipinski definition) is 1. The Bertz CT molecular complexity index is 3120. The average Bonchev–Trinajstić information content (AvgIpc) is 3.75. The monoisotopic (exact) mass is 734 g/mol. The third-order valence-electron chi connectivity index (χ3n) is 11.9. The van der Waals surface area contributed by atoms with Crippen molar-refractivity contribution in [2.75, 3.05) is 0 Å². The molecule has 1 atom stereocenters. The maximum absolute atomic E-state index is 5.24. The van der Waals surface area contributed by atoms with Crippen LogP contribution in [-0.4, -0.2) is 0 Å². The van der Waals surface area contributed by atoms with Crippen LogP contribution in [0.4, 0.5) is 0 Å². The summed E-state index contributed by atoms with van der Waals surface area (Å²) in [4.78, 5) is 5.24. The van der Waals surface area contributed by atoms with Gasteiger partial charge in [-0.3, -0.25) is 4.99 Å². The Morgan fingerprint density at radius 3 is 1.95 bits per heavy atom. The van der Waals surface area contributed by atoms with E-state index in [0.29, 0.717) is 0 Å². The van der Waals surface area contributed by atoms with Crippen LogP contribution in [0.3, 0.4) is 0 Å². The highest BCUT2D eigenvalue weighted by atomic mass is 32.1. The van der Waals surface area contributed by atoms with Crippen molar-refractivity contribution in [1.82, 2.24) is 5.32 Å². The summed E-state index contributed by atoms with van der Waals surface area (Å²) in [6, 6.07) is 66.5. The van der Waals surface area contributed by atoms with Crippen molar-refractivity contribution in [1.29, 1.82) is 0 Å². The highest BCUT2D eigenvalue weighted by Gasteiger charge is 2.39. The van der Waals surface area contributed by atoms with Gasteiger partial charge in [0.2, 0.25) is 0 Å². The van der Waals surface area contributed by atoms with Crippen molar-refractivity contribution in [3.8, 4) is 44.5 Å². The van der Waals surface area contributed by atoms with Crippen LogP contribution in [-0.2, 0) is 5.41 Å². The van der Waals surface area contributed by atoms with Crippen molar-refractivity contribution in [2.24, 2.45) is 4.99 Å². The van der Waals surface area contributed by atoms with Crippen LogP contribution in [0.2, 0.25) is 0 Å². The van der Waals surface area contributed by atoms with Gasteiger partial charge < -0.3 is 5.32 Å². The van der Waals surface area contributed by atoms with Crippen LogP contribution >= 0.6 is 11.3 Å². The van der Waals surface area contributed by atoms with E-state index >= 15 is 0 Å². The van der Waals surface area contributed by atoms with Crippen LogP contribution < -0.4 is 15.2 Å². The van der Waals surface area contributed by atoms with Gasteiger partial charge in [-0.1, -0.05) is 172 Å². The number of nitrogens with one attached hydrogen (secondary N) is 1. The number of fused-ring (bicyclic) bond motifs is 8. The number of hydrogen-bond acceptors (Lipinski definition) is 3. The minimum atomic E-state index is -0.162. The second-order valence-corrected chi connectivity index (χ2v) is 16.6. The van der Waals surface area contributed by atoms with E-state index in [-0.39, 0.29) is 11.6 Å². The molecule has 1 aliphatic heterocycles. The fourth-order valence-corrected chi connectivity index (χ4v) is 10.3. The summed E-state index contributed by atoms with van der Waals surface area (Å²) in [6.07, 6.45) is -0.151. The lowest BCUT2D eigenvalue weighted by atomic mass is 9.78. The summed E-state index contributed by atoms with van der Waals surface area (Å²) in [6.45, 7) is 4.80. The first-order valence-corrected chi connectivity index (χ1v) is 20.2. The minimum Gasteiger partial charge on any atom is -0.358 e. The Hall–Kier alpha value is -6.55. The molecule has 3 heteroatoms. The molecule has 2 heterocycles. The van der Waals surface area contributed by atoms with Gasteiger partial charge in [0.1, 0.15) is 6.17 Å². The lowest BCUT2D eigenvalue weighted by Crippen LogP contribution is -2.37. The molecule has 11 rings (SSSR count). The normalized spacial score (nSPS) is 15.2. The van der Waals surface area contributed by atoms with E-state index < -0.39 is 0 Å². The van der Waals surface area contributed by atoms with Gasteiger partial charge in [0, 0.05) is 15.5 Å². The predicted molar refractivity (Wildman–Crippen MR) is 235 cm³/mol. The molecule has 2 nitrogen and oxygen atoms in total. The first kappa shape index (κ1) is 32.8. The third kappa shape index (κ3) is 5.19. The molecule has 1 aromatic heterocycles. The summed E-state index contributed by atoms with van der Waals surface area (Å²) >= 11 is 1.81. The Labute approximate surface area is 330 Å². The maximum atomic E-state index is 5.24. The molecule has 9 aromatic rings. The van der Waals surface area contributed by atoms with E-state index in [4.69, 9.17) is 4.99 Å². The Morgan fingerprint density at radius 1 is 0.518 bits per heavy atom. The Morgan fingerprint density at radius 2 is 1.14 bits per heavy atom. The van der Waals surface area contributed by atoms with Gasteiger partial charge in [0.05, 0.1) is 15.6 Å². The molecule has 8 aromatic carbocycles. The van der Waals surface area contributed by atoms with Gasteiger partial charge in [-0.2, -0.15) is 0 Å². The van der Waals surface area contributed by atoms with Crippen LogP contribution in [0.15, 0.2) is 187 Å². The summed E-state index contributed by atoms with van der Waals surface area (Å²) in [5.74, 6) is 0. The predicted octanol–water partition coefficient (Wildman–Crippen LogP) is 12.4. The van der Waals surface area contributed by atoms with E-state index in [1.165, 1.54) is 81.0 Å². The van der Waals surface area contributed by atoms with Crippen LogP contribution in [0.1, 0.15) is 42.3 Å². The van der Waals surface area contributed by atoms with Gasteiger partial charge >= 0.3 is 0 Å². The molecule has 1 aliphatic carbocycles. The zero-order chi connectivity index (χ0) is 37.4. The summed E-state index contributed by atoms with van der Waals surface area (Å²) in [5.41, 5.74) is 16.2. The van der Waals surface area contributed by atoms with Crippen LogP contribution in [0.5, 0.6) is 0 Å². The fraction of sp³-hybridized carbons (Fsp3) is 0.0755. The molecule has 1 N–H and O–H groups in total. The summed E-state index contributed by atoms with van der Waals surface area (Å²) in [5, 5.41) is 8.73. The molecule has 56 heavy (non-hydrogen) atoms. The SMILES string of the molecule is CC1(C)c2cc(-c3cccc(-c4ccc(C5=c6sc7ccccc7c6=NC(c6ccccc6)N5)cc4)c3)ccc2-c2c(-c3ccccc3)cc3ccccc3c21. The quantitative estimate of drug-likeness (QED) is 0.187. The molecule has 0 radical (unpaired) electrons. The minimum absolute atomic E-state index is 0.151. The highest BCUT2D eigenvalue weighted by molar-refractivity contribution is 7.17. The first-order chi connectivity index (χ1) is 27.5. The molecular weight excluding hydrogens is 697 g/mol.